The van der Waals surface area contributed by atoms with Crippen LogP contribution in [0.4, 0.5) is 10.5 Å². The van der Waals surface area contributed by atoms with Crippen molar-refractivity contribution in [1.29, 1.82) is 0 Å². The van der Waals surface area contributed by atoms with Crippen molar-refractivity contribution < 1.29 is 14.6 Å². The lowest BCUT2D eigenvalue weighted by molar-refractivity contribution is 0.0636. The molecule has 0 aliphatic heterocycles. The maximum atomic E-state index is 11.8. The normalized spacial score (nSPS) is 13.0. The van der Waals surface area contributed by atoms with E-state index >= 15 is 0 Å². The highest BCUT2D eigenvalue weighted by atomic mass is 16.6. The molecule has 0 heterocycles. The van der Waals surface area contributed by atoms with Gasteiger partial charge < -0.3 is 14.7 Å². The Balaban J connectivity index is 2.57. The Morgan fingerprint density at radius 1 is 1.41 bits per heavy atom. The van der Waals surface area contributed by atoms with Crippen LogP contribution in [0.5, 0.6) is 0 Å². The quantitative estimate of drug-likeness (QED) is 0.847. The average Bonchev–Trinajstić information content (AvgIpc) is 2.34. The second-order valence-corrected chi connectivity index (χ2v) is 6.70. The highest BCUT2D eigenvalue weighted by molar-refractivity contribution is 5.84. The van der Waals surface area contributed by atoms with Gasteiger partial charge in [-0.15, -0.1) is 0 Å². The molecule has 22 heavy (non-hydrogen) atoms. The second-order valence-electron chi connectivity index (χ2n) is 6.70. The van der Waals surface area contributed by atoms with Gasteiger partial charge in [-0.2, -0.15) is 0 Å². The first-order valence-electron chi connectivity index (χ1n) is 7.61. The van der Waals surface area contributed by atoms with Gasteiger partial charge in [0, 0.05) is 18.8 Å². The monoisotopic (exact) mass is 308 g/mol. The topological polar surface area (TPSA) is 61.8 Å². The predicted molar refractivity (Wildman–Crippen MR) is 88.9 cm³/mol. The minimum atomic E-state index is -0.511. The highest BCUT2D eigenvalue weighted by Gasteiger charge is 2.16. The van der Waals surface area contributed by atoms with Crippen molar-refractivity contribution in [2.24, 2.45) is 0 Å². The van der Waals surface area contributed by atoms with Crippen molar-refractivity contribution in [2.75, 3.05) is 18.9 Å². The Kier molecular flexibility index (Phi) is 6.84. The number of nitrogens with zero attached hydrogens (tertiary/aromatic N) is 1. The van der Waals surface area contributed by atoms with Gasteiger partial charge in [0.2, 0.25) is 0 Å². The van der Waals surface area contributed by atoms with E-state index in [9.17, 15) is 9.90 Å². The van der Waals surface area contributed by atoms with Crippen LogP contribution < -0.4 is 5.32 Å². The first kappa shape index (κ1) is 18.5. The molecule has 1 rings (SSSR count). The molecule has 0 saturated heterocycles. The summed E-state index contributed by atoms with van der Waals surface area (Å²) in [5, 5.41) is 12.1. The number of aliphatic hydroxyl groups excluding tert-OH is 1. The summed E-state index contributed by atoms with van der Waals surface area (Å²) in [4.78, 5) is 13.9. The number of anilines is 1. The molecule has 1 aromatic rings. The van der Waals surface area contributed by atoms with E-state index in [0.717, 1.165) is 30.8 Å². The Hall–Kier alpha value is -1.59. The number of carbonyl (C=O) groups excluding carboxylic acids is 1. The first-order valence-corrected chi connectivity index (χ1v) is 7.61. The van der Waals surface area contributed by atoms with Gasteiger partial charge in [-0.25, -0.2) is 4.79 Å². The minimum Gasteiger partial charge on any atom is -0.444 e. The molecule has 5 heteroatoms. The molecule has 0 spiro atoms. The van der Waals surface area contributed by atoms with Gasteiger partial charge in [-0.3, -0.25) is 5.32 Å². The first-order chi connectivity index (χ1) is 10.2. The molecule has 0 aromatic heterocycles. The molecule has 0 saturated carbocycles. The molecular weight excluding hydrogens is 280 g/mol. The van der Waals surface area contributed by atoms with Crippen LogP contribution in [-0.2, 0) is 11.3 Å². The summed E-state index contributed by atoms with van der Waals surface area (Å²) < 4.78 is 5.24. The van der Waals surface area contributed by atoms with Crippen molar-refractivity contribution in [3.8, 4) is 0 Å². The summed E-state index contributed by atoms with van der Waals surface area (Å²) in [6.07, 6.45) is 0.00142. The van der Waals surface area contributed by atoms with Crippen molar-refractivity contribution in [2.45, 2.75) is 52.4 Å². The fraction of sp³-hybridized carbons (Fsp3) is 0.588. The van der Waals surface area contributed by atoms with E-state index in [0.29, 0.717) is 0 Å². The zero-order chi connectivity index (χ0) is 16.8. The highest BCUT2D eigenvalue weighted by Crippen LogP contribution is 2.15. The van der Waals surface area contributed by atoms with Crippen molar-refractivity contribution in [1.82, 2.24) is 4.90 Å². The standard InChI is InChI=1S/C17H28N2O3/c1-13(20)9-10-19(5)12-14-7-6-8-15(11-14)18-16(21)22-17(2,3)4/h6-8,11,13,20H,9-10,12H2,1-5H3,(H,18,21). The molecule has 0 aliphatic rings. The number of benzene rings is 1. The Morgan fingerprint density at radius 2 is 2.09 bits per heavy atom. The number of nitrogens with one attached hydrogen (secondary N) is 1. The Bertz CT molecular complexity index is 481. The maximum Gasteiger partial charge on any atom is 0.412 e. The van der Waals surface area contributed by atoms with Gasteiger partial charge in [0.1, 0.15) is 5.60 Å². The fourth-order valence-electron chi connectivity index (χ4n) is 1.97. The van der Waals surface area contributed by atoms with Crippen LogP contribution in [0.2, 0.25) is 0 Å². The van der Waals surface area contributed by atoms with Crippen LogP contribution in [-0.4, -0.2) is 41.4 Å². The van der Waals surface area contributed by atoms with E-state index in [4.69, 9.17) is 4.74 Å². The van der Waals surface area contributed by atoms with Crippen LogP contribution in [0.1, 0.15) is 39.7 Å². The summed E-state index contributed by atoms with van der Waals surface area (Å²) in [5.41, 5.74) is 1.31. The number of ether oxygens (including phenoxy) is 1. The van der Waals surface area contributed by atoms with E-state index in [2.05, 4.69) is 10.2 Å². The number of hydrogen-bond acceptors (Lipinski definition) is 4. The number of aliphatic hydroxyl groups is 1. The minimum absolute atomic E-state index is 0.289. The van der Waals surface area contributed by atoms with E-state index in [1.54, 1.807) is 6.92 Å². The molecule has 0 fully saturated rings. The van der Waals surface area contributed by atoms with Gasteiger partial charge in [0.25, 0.3) is 0 Å². The van der Waals surface area contributed by atoms with Crippen LogP contribution in [0.15, 0.2) is 24.3 Å². The summed E-state index contributed by atoms with van der Waals surface area (Å²) in [6, 6.07) is 7.69. The molecule has 1 atom stereocenters. The number of amides is 1. The number of rotatable bonds is 6. The molecule has 0 bridgehead atoms. The maximum absolute atomic E-state index is 11.8. The Morgan fingerprint density at radius 3 is 2.68 bits per heavy atom. The third-order valence-electron chi connectivity index (χ3n) is 2.95. The van der Waals surface area contributed by atoms with Gasteiger partial charge in [0.05, 0.1) is 6.10 Å². The number of hydrogen-bond donors (Lipinski definition) is 2. The van der Waals surface area contributed by atoms with Crippen molar-refractivity contribution in [3.05, 3.63) is 29.8 Å². The second kappa shape index (κ2) is 8.15. The van der Waals surface area contributed by atoms with E-state index < -0.39 is 11.7 Å². The summed E-state index contributed by atoms with van der Waals surface area (Å²) in [5.74, 6) is 0. The van der Waals surface area contributed by atoms with Crippen LogP contribution in [0.25, 0.3) is 0 Å². The lowest BCUT2D eigenvalue weighted by Gasteiger charge is -2.20. The van der Waals surface area contributed by atoms with Gasteiger partial charge in [0.15, 0.2) is 0 Å². The third kappa shape index (κ3) is 8.00. The van der Waals surface area contributed by atoms with Gasteiger partial charge >= 0.3 is 6.09 Å². The third-order valence-corrected chi connectivity index (χ3v) is 2.95. The molecule has 1 unspecified atom stereocenters. The summed E-state index contributed by atoms with van der Waals surface area (Å²) in [6.45, 7) is 8.87. The molecule has 124 valence electrons. The predicted octanol–water partition coefficient (Wildman–Crippen LogP) is 3.24. The van der Waals surface area contributed by atoms with E-state index in [-0.39, 0.29) is 6.10 Å². The molecule has 1 amide bonds. The lowest BCUT2D eigenvalue weighted by atomic mass is 10.2. The van der Waals surface area contributed by atoms with Crippen LogP contribution in [0, 0.1) is 0 Å². The van der Waals surface area contributed by atoms with Gasteiger partial charge in [-0.05, 0) is 58.9 Å². The largest absolute Gasteiger partial charge is 0.444 e. The zero-order valence-corrected chi connectivity index (χ0v) is 14.2. The average molecular weight is 308 g/mol. The molecule has 5 nitrogen and oxygen atoms in total. The molecule has 0 radical (unpaired) electrons. The molecule has 2 N–H and O–H groups in total. The van der Waals surface area contributed by atoms with Crippen LogP contribution in [0.3, 0.4) is 0 Å². The summed E-state index contributed by atoms with van der Waals surface area (Å²) >= 11 is 0. The fourth-order valence-corrected chi connectivity index (χ4v) is 1.97. The van der Waals surface area contributed by atoms with E-state index in [1.807, 2.05) is 52.1 Å². The zero-order valence-electron chi connectivity index (χ0n) is 14.2. The lowest BCUT2D eigenvalue weighted by Crippen LogP contribution is -2.27. The van der Waals surface area contributed by atoms with Gasteiger partial charge in [-0.1, -0.05) is 12.1 Å². The van der Waals surface area contributed by atoms with Crippen molar-refractivity contribution >= 4 is 11.8 Å². The summed E-state index contributed by atoms with van der Waals surface area (Å²) in [7, 11) is 2.01. The van der Waals surface area contributed by atoms with Crippen LogP contribution >= 0.6 is 0 Å². The molecule has 0 aliphatic carbocycles. The molecule has 1 aromatic carbocycles. The smallest absolute Gasteiger partial charge is 0.412 e. The Labute approximate surface area is 133 Å². The number of carbonyl (C=O) groups is 1. The van der Waals surface area contributed by atoms with E-state index in [1.165, 1.54) is 0 Å². The SMILES string of the molecule is CC(O)CCN(C)Cc1cccc(NC(=O)OC(C)(C)C)c1. The van der Waals surface area contributed by atoms with Crippen molar-refractivity contribution in [3.63, 3.8) is 0 Å². The molecular formula is C17H28N2O3.